The number of amides is 3. The number of nitrogens with one attached hydrogen (secondary N) is 3. The van der Waals surface area contributed by atoms with E-state index in [-0.39, 0.29) is 17.7 Å². The Morgan fingerprint density at radius 2 is 1.42 bits per heavy atom. The highest BCUT2D eigenvalue weighted by atomic mass is 16.2. The summed E-state index contributed by atoms with van der Waals surface area (Å²) in [5.41, 5.74) is 1.44. The van der Waals surface area contributed by atoms with Gasteiger partial charge in [-0.05, 0) is 17.7 Å². The van der Waals surface area contributed by atoms with Crippen LogP contribution in [0.3, 0.4) is 0 Å². The van der Waals surface area contributed by atoms with Gasteiger partial charge >= 0.3 is 0 Å². The summed E-state index contributed by atoms with van der Waals surface area (Å²) in [6, 6.07) is 17.6. The Kier molecular flexibility index (Phi) is 7.36. The summed E-state index contributed by atoms with van der Waals surface area (Å²) in [5, 5.41) is 8.15. The molecule has 0 heterocycles. The molecule has 0 aliphatic carbocycles. The molecule has 2 aromatic rings. The van der Waals surface area contributed by atoms with Crippen molar-refractivity contribution in [3.05, 3.63) is 71.8 Å². The van der Waals surface area contributed by atoms with Gasteiger partial charge in [0.05, 0.1) is 0 Å². The molecule has 0 saturated heterocycles. The van der Waals surface area contributed by atoms with E-state index in [1.165, 1.54) is 6.92 Å². The summed E-state index contributed by atoms with van der Waals surface area (Å²) in [7, 11) is 0. The van der Waals surface area contributed by atoms with Crippen molar-refractivity contribution < 1.29 is 14.4 Å². The van der Waals surface area contributed by atoms with Crippen LogP contribution in [0.5, 0.6) is 0 Å². The van der Waals surface area contributed by atoms with Crippen molar-refractivity contribution in [2.45, 2.75) is 19.4 Å². The average molecular weight is 353 g/mol. The topological polar surface area (TPSA) is 87.3 Å². The maximum atomic E-state index is 12.5. The summed E-state index contributed by atoms with van der Waals surface area (Å²) >= 11 is 0. The molecule has 2 aromatic carbocycles. The number of carbonyl (C=O) groups is 3. The highest BCUT2D eigenvalue weighted by Crippen LogP contribution is 2.05. The van der Waals surface area contributed by atoms with Gasteiger partial charge in [0, 0.05) is 32.0 Å². The molecule has 6 heteroatoms. The van der Waals surface area contributed by atoms with Crippen LogP contribution in [0.25, 0.3) is 0 Å². The Morgan fingerprint density at radius 1 is 0.846 bits per heavy atom. The largest absolute Gasteiger partial charge is 0.355 e. The van der Waals surface area contributed by atoms with Crippen molar-refractivity contribution in [3.8, 4) is 0 Å². The Morgan fingerprint density at radius 3 is 2.04 bits per heavy atom. The van der Waals surface area contributed by atoms with Gasteiger partial charge in [-0.15, -0.1) is 0 Å². The SMILES string of the molecule is CC(=O)NCCNC(=O)[C@@H](Cc1ccccc1)NC(=O)c1ccccc1. The number of hydrogen-bond acceptors (Lipinski definition) is 3. The Bertz CT molecular complexity index is 732. The van der Waals surface area contributed by atoms with E-state index in [0.717, 1.165) is 5.56 Å². The summed E-state index contributed by atoms with van der Waals surface area (Å²) in [5.74, 6) is -0.746. The van der Waals surface area contributed by atoms with Crippen LogP contribution in [0, 0.1) is 0 Å². The zero-order chi connectivity index (χ0) is 18.8. The van der Waals surface area contributed by atoms with Gasteiger partial charge in [-0.2, -0.15) is 0 Å². The molecule has 0 saturated carbocycles. The quantitative estimate of drug-likeness (QED) is 0.625. The normalized spacial score (nSPS) is 11.3. The van der Waals surface area contributed by atoms with E-state index in [4.69, 9.17) is 0 Å². The molecule has 0 unspecified atom stereocenters. The lowest BCUT2D eigenvalue weighted by Gasteiger charge is -2.19. The fraction of sp³-hybridized carbons (Fsp3) is 0.250. The molecule has 26 heavy (non-hydrogen) atoms. The van der Waals surface area contributed by atoms with Crippen LogP contribution >= 0.6 is 0 Å². The van der Waals surface area contributed by atoms with Crippen molar-refractivity contribution in [2.24, 2.45) is 0 Å². The zero-order valence-electron chi connectivity index (χ0n) is 14.7. The molecular formula is C20H23N3O3. The molecule has 6 nitrogen and oxygen atoms in total. The smallest absolute Gasteiger partial charge is 0.251 e. The molecule has 2 rings (SSSR count). The minimum atomic E-state index is -0.706. The number of carbonyl (C=O) groups excluding carboxylic acids is 3. The van der Waals surface area contributed by atoms with Crippen molar-refractivity contribution in [1.82, 2.24) is 16.0 Å². The third kappa shape index (κ3) is 6.39. The van der Waals surface area contributed by atoms with Crippen molar-refractivity contribution in [1.29, 1.82) is 0 Å². The van der Waals surface area contributed by atoms with E-state index >= 15 is 0 Å². The molecule has 1 atom stereocenters. The Balaban J connectivity index is 2.02. The zero-order valence-corrected chi connectivity index (χ0v) is 14.7. The van der Waals surface area contributed by atoms with Crippen LogP contribution in [0.15, 0.2) is 60.7 Å². The lowest BCUT2D eigenvalue weighted by Crippen LogP contribution is -2.49. The maximum Gasteiger partial charge on any atom is 0.251 e. The first-order chi connectivity index (χ1) is 12.6. The summed E-state index contributed by atoms with van der Waals surface area (Å²) in [6.45, 7) is 2.05. The molecule has 0 bridgehead atoms. The third-order valence-corrected chi connectivity index (χ3v) is 3.74. The van der Waals surface area contributed by atoms with Gasteiger partial charge in [-0.3, -0.25) is 14.4 Å². The maximum absolute atomic E-state index is 12.5. The lowest BCUT2D eigenvalue weighted by molar-refractivity contribution is -0.123. The molecule has 0 aliphatic heterocycles. The minimum Gasteiger partial charge on any atom is -0.355 e. The van der Waals surface area contributed by atoms with E-state index in [9.17, 15) is 14.4 Å². The second-order valence-corrected chi connectivity index (χ2v) is 5.86. The number of benzene rings is 2. The summed E-state index contributed by atoms with van der Waals surface area (Å²) in [6.07, 6.45) is 0.380. The van der Waals surface area contributed by atoms with Crippen molar-refractivity contribution >= 4 is 17.7 Å². The van der Waals surface area contributed by atoms with Crippen LogP contribution in [0.2, 0.25) is 0 Å². The highest BCUT2D eigenvalue weighted by Gasteiger charge is 2.21. The average Bonchev–Trinajstić information content (AvgIpc) is 2.66. The molecule has 3 N–H and O–H groups in total. The van der Waals surface area contributed by atoms with Crippen LogP contribution < -0.4 is 16.0 Å². The predicted molar refractivity (Wildman–Crippen MR) is 99.5 cm³/mol. The van der Waals surface area contributed by atoms with Crippen LogP contribution in [0.4, 0.5) is 0 Å². The second-order valence-electron chi connectivity index (χ2n) is 5.86. The standard InChI is InChI=1S/C20H23N3O3/c1-15(24)21-12-13-22-20(26)18(14-16-8-4-2-5-9-16)23-19(25)17-10-6-3-7-11-17/h2-11,18H,12-14H2,1H3,(H,21,24)(H,22,26)(H,23,25)/t18-/m1/s1. The molecule has 3 amide bonds. The van der Waals surface area contributed by atoms with Crippen LogP contribution in [0.1, 0.15) is 22.8 Å². The fourth-order valence-corrected chi connectivity index (χ4v) is 2.44. The van der Waals surface area contributed by atoms with E-state index in [1.54, 1.807) is 24.3 Å². The molecular weight excluding hydrogens is 330 g/mol. The third-order valence-electron chi connectivity index (χ3n) is 3.74. The fourth-order valence-electron chi connectivity index (χ4n) is 2.44. The Labute approximate surface area is 153 Å². The van der Waals surface area contributed by atoms with E-state index in [0.29, 0.717) is 25.1 Å². The second kappa shape index (κ2) is 9.98. The van der Waals surface area contributed by atoms with Crippen molar-refractivity contribution in [3.63, 3.8) is 0 Å². The van der Waals surface area contributed by atoms with Crippen LogP contribution in [-0.4, -0.2) is 36.9 Å². The first kappa shape index (κ1) is 19.2. The van der Waals surface area contributed by atoms with E-state index < -0.39 is 6.04 Å². The molecule has 0 aromatic heterocycles. The molecule has 136 valence electrons. The van der Waals surface area contributed by atoms with Gasteiger partial charge in [0.25, 0.3) is 5.91 Å². The van der Waals surface area contributed by atoms with Gasteiger partial charge in [0.15, 0.2) is 0 Å². The number of hydrogen-bond donors (Lipinski definition) is 3. The molecule has 0 spiro atoms. The predicted octanol–water partition coefficient (Wildman–Crippen LogP) is 1.28. The van der Waals surface area contributed by atoms with Crippen molar-refractivity contribution in [2.75, 3.05) is 13.1 Å². The van der Waals surface area contributed by atoms with Gasteiger partial charge in [-0.25, -0.2) is 0 Å². The van der Waals surface area contributed by atoms with E-state index in [1.807, 2.05) is 36.4 Å². The summed E-state index contributed by atoms with van der Waals surface area (Å²) < 4.78 is 0. The van der Waals surface area contributed by atoms with Gasteiger partial charge < -0.3 is 16.0 Å². The first-order valence-corrected chi connectivity index (χ1v) is 8.48. The first-order valence-electron chi connectivity index (χ1n) is 8.48. The number of rotatable bonds is 8. The van der Waals surface area contributed by atoms with Gasteiger partial charge in [0.1, 0.15) is 6.04 Å². The lowest BCUT2D eigenvalue weighted by atomic mass is 10.0. The van der Waals surface area contributed by atoms with Crippen LogP contribution in [-0.2, 0) is 16.0 Å². The molecule has 0 radical (unpaired) electrons. The summed E-state index contributed by atoms with van der Waals surface area (Å²) in [4.78, 5) is 35.8. The highest BCUT2D eigenvalue weighted by molar-refractivity contribution is 5.97. The van der Waals surface area contributed by atoms with Gasteiger partial charge in [-0.1, -0.05) is 48.5 Å². The Hall–Kier alpha value is -3.15. The monoisotopic (exact) mass is 353 g/mol. The molecule has 0 fully saturated rings. The van der Waals surface area contributed by atoms with Gasteiger partial charge in [0.2, 0.25) is 11.8 Å². The molecule has 0 aliphatic rings. The minimum absolute atomic E-state index is 0.155. The van der Waals surface area contributed by atoms with E-state index in [2.05, 4.69) is 16.0 Å².